The van der Waals surface area contributed by atoms with E-state index < -0.39 is 12.0 Å². The largest absolute Gasteiger partial charge is 0.480 e. The molecule has 2 aliphatic heterocycles. The van der Waals surface area contributed by atoms with Crippen LogP contribution in [0.4, 0.5) is 4.79 Å². The fourth-order valence-electron chi connectivity index (χ4n) is 2.86. The van der Waals surface area contributed by atoms with Gasteiger partial charge in [-0.3, -0.25) is 4.90 Å². The minimum absolute atomic E-state index is 0.00252. The van der Waals surface area contributed by atoms with Crippen LogP contribution >= 0.6 is 11.8 Å². The van der Waals surface area contributed by atoms with E-state index in [9.17, 15) is 14.7 Å². The number of carboxylic acids is 1. The lowest BCUT2D eigenvalue weighted by atomic mass is 10.0. The van der Waals surface area contributed by atoms with Gasteiger partial charge in [-0.15, -0.1) is 11.8 Å². The minimum atomic E-state index is -0.888. The number of likely N-dealkylation sites (tertiary alicyclic amines) is 1. The summed E-state index contributed by atoms with van der Waals surface area (Å²) < 4.78 is 0. The molecule has 0 aromatic rings. The summed E-state index contributed by atoms with van der Waals surface area (Å²) in [5.41, 5.74) is 0. The van der Waals surface area contributed by atoms with E-state index >= 15 is 0 Å². The molecule has 3 atom stereocenters. The molecule has 2 aliphatic rings. The molecule has 2 fully saturated rings. The minimum Gasteiger partial charge on any atom is -0.480 e. The summed E-state index contributed by atoms with van der Waals surface area (Å²) in [6, 6.07) is -0.535. The number of carbonyl (C=O) groups is 2. The van der Waals surface area contributed by atoms with Crippen LogP contribution in [0.25, 0.3) is 0 Å². The first-order valence-corrected chi connectivity index (χ1v) is 8.04. The second-order valence-corrected chi connectivity index (χ2v) is 6.49. The predicted molar refractivity (Wildman–Crippen MR) is 75.2 cm³/mol. The Bertz CT molecular complexity index is 364. The Labute approximate surface area is 118 Å². The van der Waals surface area contributed by atoms with Gasteiger partial charge in [-0.05, 0) is 32.6 Å². The molecule has 1 N–H and O–H groups in total. The van der Waals surface area contributed by atoms with Crippen LogP contribution in [-0.4, -0.2) is 56.7 Å². The van der Waals surface area contributed by atoms with Gasteiger partial charge >= 0.3 is 12.0 Å². The first-order chi connectivity index (χ1) is 9.06. The van der Waals surface area contributed by atoms with Crippen molar-refractivity contribution in [3.63, 3.8) is 0 Å². The molecule has 5 nitrogen and oxygen atoms in total. The number of hydrogen-bond donors (Lipinski definition) is 1. The van der Waals surface area contributed by atoms with Crippen molar-refractivity contribution in [3.8, 4) is 0 Å². The van der Waals surface area contributed by atoms with Crippen molar-refractivity contribution in [1.29, 1.82) is 0 Å². The molecule has 3 unspecified atom stereocenters. The van der Waals surface area contributed by atoms with Crippen LogP contribution in [0.1, 0.15) is 39.5 Å². The van der Waals surface area contributed by atoms with Crippen molar-refractivity contribution in [3.05, 3.63) is 0 Å². The number of carboxylic acid groups (broad SMARTS) is 1. The molecule has 2 heterocycles. The van der Waals surface area contributed by atoms with Gasteiger partial charge in [-0.25, -0.2) is 9.59 Å². The van der Waals surface area contributed by atoms with Crippen molar-refractivity contribution in [2.75, 3.05) is 12.3 Å². The Morgan fingerprint density at radius 1 is 1.37 bits per heavy atom. The lowest BCUT2D eigenvalue weighted by Gasteiger charge is -2.38. The van der Waals surface area contributed by atoms with Crippen LogP contribution in [0.2, 0.25) is 0 Å². The lowest BCUT2D eigenvalue weighted by Crippen LogP contribution is -2.54. The molecule has 2 saturated heterocycles. The highest BCUT2D eigenvalue weighted by Crippen LogP contribution is 2.33. The van der Waals surface area contributed by atoms with E-state index in [4.69, 9.17) is 0 Å². The Morgan fingerprint density at radius 2 is 2.11 bits per heavy atom. The van der Waals surface area contributed by atoms with Gasteiger partial charge < -0.3 is 10.0 Å². The number of urea groups is 1. The third-order valence-electron chi connectivity index (χ3n) is 4.00. The van der Waals surface area contributed by atoms with E-state index in [0.29, 0.717) is 5.75 Å². The Balaban J connectivity index is 2.15. The molecule has 6 heteroatoms. The zero-order valence-corrected chi connectivity index (χ0v) is 12.4. The maximum Gasteiger partial charge on any atom is 0.327 e. The molecule has 2 rings (SSSR count). The molecule has 19 heavy (non-hydrogen) atoms. The van der Waals surface area contributed by atoms with E-state index in [1.807, 2.05) is 11.8 Å². The number of thioether (sulfide) groups is 1. The van der Waals surface area contributed by atoms with Gasteiger partial charge in [-0.2, -0.15) is 0 Å². The Morgan fingerprint density at radius 3 is 2.68 bits per heavy atom. The molecule has 0 bridgehead atoms. The molecular formula is C13H22N2O3S. The fraction of sp³-hybridized carbons (Fsp3) is 0.846. The van der Waals surface area contributed by atoms with Crippen molar-refractivity contribution in [2.24, 2.45) is 0 Å². The predicted octanol–water partition coefficient (Wildman–Crippen LogP) is 2.22. The zero-order chi connectivity index (χ0) is 14.0. The molecule has 0 aliphatic carbocycles. The lowest BCUT2D eigenvalue weighted by molar-refractivity contribution is -0.141. The van der Waals surface area contributed by atoms with Crippen LogP contribution in [0.5, 0.6) is 0 Å². The van der Waals surface area contributed by atoms with Crippen LogP contribution in [0.15, 0.2) is 0 Å². The van der Waals surface area contributed by atoms with Gasteiger partial charge in [-0.1, -0.05) is 6.92 Å². The molecule has 0 saturated carbocycles. The zero-order valence-electron chi connectivity index (χ0n) is 11.5. The maximum atomic E-state index is 12.7. The highest BCUT2D eigenvalue weighted by Gasteiger charge is 2.43. The molecule has 0 radical (unpaired) electrons. The average molecular weight is 286 g/mol. The highest BCUT2D eigenvalue weighted by atomic mass is 32.2. The van der Waals surface area contributed by atoms with Crippen molar-refractivity contribution < 1.29 is 14.7 Å². The topological polar surface area (TPSA) is 60.9 Å². The van der Waals surface area contributed by atoms with Gasteiger partial charge in [0.05, 0.1) is 5.37 Å². The SMILES string of the molecule is CCC1SCC(C(=O)O)N1C(=O)N1CCCCC1C. The maximum absolute atomic E-state index is 12.7. The number of nitrogens with zero attached hydrogens (tertiary/aromatic N) is 2. The van der Waals surface area contributed by atoms with E-state index in [0.717, 1.165) is 32.2 Å². The standard InChI is InChI=1S/C13H22N2O3S/c1-3-11-15(10(8-19-11)12(16)17)13(18)14-7-5-4-6-9(14)2/h9-11H,3-8H2,1-2H3,(H,16,17). The number of carbonyl (C=O) groups excluding carboxylic acids is 1. The van der Waals surface area contributed by atoms with E-state index in [2.05, 4.69) is 6.92 Å². The fourth-order valence-corrected chi connectivity index (χ4v) is 4.20. The van der Waals surface area contributed by atoms with Gasteiger partial charge in [0, 0.05) is 18.3 Å². The third kappa shape index (κ3) is 2.83. The first kappa shape index (κ1) is 14.5. The van der Waals surface area contributed by atoms with E-state index in [1.54, 1.807) is 16.7 Å². The average Bonchev–Trinajstić information content (AvgIpc) is 2.82. The van der Waals surface area contributed by atoms with Crippen LogP contribution in [0.3, 0.4) is 0 Å². The molecular weight excluding hydrogens is 264 g/mol. The number of aliphatic carboxylic acids is 1. The molecule has 0 aromatic carbocycles. The number of piperidine rings is 1. The monoisotopic (exact) mass is 286 g/mol. The summed E-state index contributed by atoms with van der Waals surface area (Å²) >= 11 is 1.58. The molecule has 0 spiro atoms. The summed E-state index contributed by atoms with van der Waals surface area (Å²) in [5, 5.41) is 9.29. The summed E-state index contributed by atoms with van der Waals surface area (Å²) in [5.74, 6) is -0.386. The molecule has 2 amide bonds. The van der Waals surface area contributed by atoms with E-state index in [-0.39, 0.29) is 17.4 Å². The van der Waals surface area contributed by atoms with Gasteiger partial charge in [0.25, 0.3) is 0 Å². The van der Waals surface area contributed by atoms with Crippen LogP contribution in [0, 0.1) is 0 Å². The van der Waals surface area contributed by atoms with Crippen LogP contribution in [-0.2, 0) is 4.79 Å². The van der Waals surface area contributed by atoms with Gasteiger partial charge in [0.1, 0.15) is 6.04 Å². The Kier molecular flexibility index (Phi) is 4.60. The highest BCUT2D eigenvalue weighted by molar-refractivity contribution is 8.00. The van der Waals surface area contributed by atoms with Crippen molar-refractivity contribution in [2.45, 2.75) is 57.0 Å². The van der Waals surface area contributed by atoms with Crippen molar-refractivity contribution >= 4 is 23.8 Å². The summed E-state index contributed by atoms with van der Waals surface area (Å²) in [7, 11) is 0. The normalized spacial score (nSPS) is 31.6. The van der Waals surface area contributed by atoms with E-state index in [1.165, 1.54) is 0 Å². The Hall–Kier alpha value is -0.910. The number of rotatable bonds is 2. The molecule has 108 valence electrons. The number of amides is 2. The van der Waals surface area contributed by atoms with Crippen molar-refractivity contribution in [1.82, 2.24) is 9.80 Å². The third-order valence-corrected chi connectivity index (χ3v) is 5.45. The molecule has 0 aromatic heterocycles. The number of hydrogen-bond acceptors (Lipinski definition) is 3. The van der Waals surface area contributed by atoms with Crippen LogP contribution < -0.4 is 0 Å². The van der Waals surface area contributed by atoms with Gasteiger partial charge in [0.15, 0.2) is 0 Å². The first-order valence-electron chi connectivity index (χ1n) is 6.99. The smallest absolute Gasteiger partial charge is 0.327 e. The van der Waals surface area contributed by atoms with Gasteiger partial charge in [0.2, 0.25) is 0 Å². The summed E-state index contributed by atoms with van der Waals surface area (Å²) in [4.78, 5) is 27.4. The summed E-state index contributed by atoms with van der Waals surface area (Å²) in [6.45, 7) is 4.81. The summed E-state index contributed by atoms with van der Waals surface area (Å²) in [6.07, 6.45) is 3.98. The second kappa shape index (κ2) is 6.03. The quantitative estimate of drug-likeness (QED) is 0.845. The second-order valence-electron chi connectivity index (χ2n) is 5.28.